The van der Waals surface area contributed by atoms with Crippen LogP contribution in [0.5, 0.6) is 0 Å². The molecule has 118 valence electrons. The number of hydrogen-bond acceptors (Lipinski definition) is 6. The molecule has 3 aromatic heterocycles. The number of thiophene rings is 2. The van der Waals surface area contributed by atoms with Crippen LogP contribution < -0.4 is 0 Å². The van der Waals surface area contributed by atoms with Crippen molar-refractivity contribution in [2.75, 3.05) is 12.8 Å². The minimum atomic E-state index is 0.885. The molecule has 3 aromatic rings. The highest BCUT2D eigenvalue weighted by molar-refractivity contribution is 7.98. The molecule has 23 heavy (non-hydrogen) atoms. The van der Waals surface area contributed by atoms with Crippen LogP contribution in [0.3, 0.4) is 0 Å². The standard InChI is InChI=1S/C17H17N3S3/c1-21-17-18-7-14-8-20(4-2-16(14)19-17)9-15-6-13(11-23-15)12-3-5-22-10-12/h3,5-7,10-11H,2,4,8-9H2,1H3. The Labute approximate surface area is 148 Å². The molecule has 0 N–H and O–H groups in total. The Morgan fingerprint density at radius 3 is 3.09 bits per heavy atom. The van der Waals surface area contributed by atoms with Crippen molar-refractivity contribution in [3.05, 3.63) is 50.6 Å². The molecule has 0 bridgehead atoms. The van der Waals surface area contributed by atoms with Gasteiger partial charge in [0.15, 0.2) is 5.16 Å². The Kier molecular flexibility index (Phi) is 4.48. The molecule has 4 rings (SSSR count). The Morgan fingerprint density at radius 2 is 2.26 bits per heavy atom. The van der Waals surface area contributed by atoms with Crippen LogP contribution in [0, 0.1) is 0 Å². The summed E-state index contributed by atoms with van der Waals surface area (Å²) in [6.45, 7) is 3.04. The number of nitrogens with zero attached hydrogens (tertiary/aromatic N) is 3. The van der Waals surface area contributed by atoms with Gasteiger partial charge in [-0.1, -0.05) is 11.8 Å². The van der Waals surface area contributed by atoms with E-state index in [4.69, 9.17) is 0 Å². The maximum Gasteiger partial charge on any atom is 0.187 e. The minimum absolute atomic E-state index is 0.885. The molecule has 0 saturated carbocycles. The highest BCUT2D eigenvalue weighted by Crippen LogP contribution is 2.29. The smallest absolute Gasteiger partial charge is 0.187 e. The molecule has 0 atom stereocenters. The molecule has 6 heteroatoms. The van der Waals surface area contributed by atoms with Crippen molar-refractivity contribution in [1.29, 1.82) is 0 Å². The lowest BCUT2D eigenvalue weighted by Gasteiger charge is -2.27. The van der Waals surface area contributed by atoms with Gasteiger partial charge in [-0.05, 0) is 45.7 Å². The van der Waals surface area contributed by atoms with Crippen molar-refractivity contribution < 1.29 is 0 Å². The van der Waals surface area contributed by atoms with Gasteiger partial charge < -0.3 is 0 Å². The van der Waals surface area contributed by atoms with Crippen molar-refractivity contribution in [3.8, 4) is 11.1 Å². The molecule has 4 heterocycles. The highest BCUT2D eigenvalue weighted by Gasteiger charge is 2.19. The highest BCUT2D eigenvalue weighted by atomic mass is 32.2. The van der Waals surface area contributed by atoms with Crippen LogP contribution >= 0.6 is 34.4 Å². The molecule has 0 fully saturated rings. The first kappa shape index (κ1) is 15.3. The van der Waals surface area contributed by atoms with Crippen LogP contribution in [0.2, 0.25) is 0 Å². The zero-order valence-electron chi connectivity index (χ0n) is 12.9. The Hall–Kier alpha value is -1.21. The van der Waals surface area contributed by atoms with Crippen LogP contribution in [-0.2, 0) is 19.5 Å². The zero-order valence-corrected chi connectivity index (χ0v) is 15.3. The lowest BCUT2D eigenvalue weighted by Crippen LogP contribution is -2.30. The molecule has 0 aliphatic carbocycles. The van der Waals surface area contributed by atoms with Crippen LogP contribution in [0.4, 0.5) is 0 Å². The van der Waals surface area contributed by atoms with Crippen molar-refractivity contribution >= 4 is 34.4 Å². The van der Waals surface area contributed by atoms with Crippen LogP contribution in [0.25, 0.3) is 11.1 Å². The first-order valence-electron chi connectivity index (χ1n) is 7.53. The Bertz CT molecular complexity index is 795. The number of thioether (sulfide) groups is 1. The molecule has 1 aliphatic rings. The third kappa shape index (κ3) is 3.35. The van der Waals surface area contributed by atoms with E-state index in [0.717, 1.165) is 31.2 Å². The summed E-state index contributed by atoms with van der Waals surface area (Å²) in [4.78, 5) is 13.0. The van der Waals surface area contributed by atoms with Gasteiger partial charge in [0, 0.05) is 42.7 Å². The summed E-state index contributed by atoms with van der Waals surface area (Å²) in [6, 6.07) is 4.52. The number of hydrogen-bond donors (Lipinski definition) is 0. The summed E-state index contributed by atoms with van der Waals surface area (Å²) in [5.41, 5.74) is 5.19. The molecule has 0 amide bonds. The number of fused-ring (bicyclic) bond motifs is 1. The van der Waals surface area contributed by atoms with E-state index < -0.39 is 0 Å². The second-order valence-electron chi connectivity index (χ2n) is 5.60. The van der Waals surface area contributed by atoms with E-state index in [-0.39, 0.29) is 0 Å². The van der Waals surface area contributed by atoms with E-state index in [2.05, 4.69) is 43.1 Å². The lowest BCUT2D eigenvalue weighted by atomic mass is 10.1. The molecule has 0 spiro atoms. The van der Waals surface area contributed by atoms with Crippen molar-refractivity contribution in [2.45, 2.75) is 24.7 Å². The van der Waals surface area contributed by atoms with Crippen molar-refractivity contribution in [2.24, 2.45) is 0 Å². The Morgan fingerprint density at radius 1 is 1.30 bits per heavy atom. The summed E-state index contributed by atoms with van der Waals surface area (Å²) >= 11 is 5.22. The summed E-state index contributed by atoms with van der Waals surface area (Å²) in [5, 5.41) is 7.50. The molecule has 0 unspecified atom stereocenters. The molecule has 0 radical (unpaired) electrons. The van der Waals surface area contributed by atoms with Gasteiger partial charge >= 0.3 is 0 Å². The van der Waals surface area contributed by atoms with Gasteiger partial charge in [0.05, 0.1) is 5.69 Å². The average molecular weight is 360 g/mol. The van der Waals surface area contributed by atoms with Gasteiger partial charge in [-0.25, -0.2) is 9.97 Å². The first-order chi connectivity index (χ1) is 11.3. The summed E-state index contributed by atoms with van der Waals surface area (Å²) in [5.74, 6) is 0. The summed E-state index contributed by atoms with van der Waals surface area (Å²) < 4.78 is 0. The fourth-order valence-electron chi connectivity index (χ4n) is 2.85. The van der Waals surface area contributed by atoms with E-state index in [1.165, 1.54) is 27.3 Å². The van der Waals surface area contributed by atoms with Gasteiger partial charge in [0.25, 0.3) is 0 Å². The van der Waals surface area contributed by atoms with E-state index >= 15 is 0 Å². The largest absolute Gasteiger partial charge is 0.293 e. The maximum atomic E-state index is 4.64. The van der Waals surface area contributed by atoms with Gasteiger partial charge in [-0.3, -0.25) is 4.90 Å². The second-order valence-corrected chi connectivity index (χ2v) is 8.15. The molecule has 3 nitrogen and oxygen atoms in total. The quantitative estimate of drug-likeness (QED) is 0.505. The lowest BCUT2D eigenvalue weighted by molar-refractivity contribution is 0.244. The Balaban J connectivity index is 1.46. The first-order valence-corrected chi connectivity index (χ1v) is 10.6. The van der Waals surface area contributed by atoms with E-state index in [1.54, 1.807) is 23.1 Å². The van der Waals surface area contributed by atoms with Crippen LogP contribution in [-0.4, -0.2) is 27.7 Å². The van der Waals surface area contributed by atoms with Crippen molar-refractivity contribution in [3.63, 3.8) is 0 Å². The monoisotopic (exact) mass is 359 g/mol. The minimum Gasteiger partial charge on any atom is -0.293 e. The molecule has 1 aliphatic heterocycles. The fraction of sp³-hybridized carbons (Fsp3) is 0.294. The van der Waals surface area contributed by atoms with Gasteiger partial charge in [-0.15, -0.1) is 11.3 Å². The number of aromatic nitrogens is 2. The van der Waals surface area contributed by atoms with Gasteiger partial charge in [0.2, 0.25) is 0 Å². The third-order valence-corrected chi connectivity index (χ3v) is 6.23. The van der Waals surface area contributed by atoms with E-state index in [1.807, 2.05) is 23.8 Å². The second kappa shape index (κ2) is 6.73. The van der Waals surface area contributed by atoms with Crippen molar-refractivity contribution in [1.82, 2.24) is 14.9 Å². The third-order valence-electron chi connectivity index (χ3n) is 4.06. The van der Waals surface area contributed by atoms with E-state index in [9.17, 15) is 0 Å². The van der Waals surface area contributed by atoms with Gasteiger partial charge in [-0.2, -0.15) is 11.3 Å². The number of rotatable bonds is 4. The zero-order chi connectivity index (χ0) is 15.6. The molecular weight excluding hydrogens is 342 g/mol. The fourth-order valence-corrected chi connectivity index (χ4v) is 4.81. The van der Waals surface area contributed by atoms with E-state index in [0.29, 0.717) is 0 Å². The maximum absolute atomic E-state index is 4.64. The van der Waals surface area contributed by atoms with Crippen LogP contribution in [0.1, 0.15) is 16.1 Å². The average Bonchev–Trinajstić information content (AvgIpc) is 3.25. The molecular formula is C17H17N3S3. The molecule has 0 saturated heterocycles. The SMILES string of the molecule is CSc1ncc2c(n1)CCN(Cc1cc(-c3ccsc3)cs1)C2. The predicted octanol–water partition coefficient (Wildman–Crippen LogP) is 4.55. The molecule has 0 aromatic carbocycles. The predicted molar refractivity (Wildman–Crippen MR) is 99.3 cm³/mol. The normalized spacial score (nSPS) is 14.8. The summed E-state index contributed by atoms with van der Waals surface area (Å²) in [6.07, 6.45) is 5.05. The van der Waals surface area contributed by atoms with Gasteiger partial charge in [0.1, 0.15) is 0 Å². The topological polar surface area (TPSA) is 29.0 Å². The van der Waals surface area contributed by atoms with Crippen LogP contribution in [0.15, 0.2) is 39.6 Å². The summed E-state index contributed by atoms with van der Waals surface area (Å²) in [7, 11) is 0.